The highest BCUT2D eigenvalue weighted by atomic mass is 19.1. The van der Waals surface area contributed by atoms with Gasteiger partial charge in [-0.2, -0.15) is 0 Å². The molecule has 0 unspecified atom stereocenters. The molecule has 0 aromatic heterocycles. The lowest BCUT2D eigenvalue weighted by Gasteiger charge is -2.26. The van der Waals surface area contributed by atoms with E-state index in [-0.39, 0.29) is 11.6 Å². The molecule has 0 saturated heterocycles. The maximum atomic E-state index is 13.3. The van der Waals surface area contributed by atoms with Crippen molar-refractivity contribution in [1.82, 2.24) is 0 Å². The van der Waals surface area contributed by atoms with E-state index in [0.29, 0.717) is 5.56 Å². The van der Waals surface area contributed by atoms with Gasteiger partial charge in [-0.3, -0.25) is 4.79 Å². The first kappa shape index (κ1) is 13.1. The van der Waals surface area contributed by atoms with E-state index in [9.17, 15) is 9.18 Å². The van der Waals surface area contributed by atoms with E-state index >= 15 is 0 Å². The summed E-state index contributed by atoms with van der Waals surface area (Å²) in [5, 5.41) is 0. The van der Waals surface area contributed by atoms with Crippen LogP contribution in [0.5, 0.6) is 0 Å². The van der Waals surface area contributed by atoms with Crippen LogP contribution in [0.25, 0.3) is 0 Å². The molecule has 0 bridgehead atoms. The van der Waals surface area contributed by atoms with Crippen molar-refractivity contribution in [2.24, 2.45) is 5.92 Å². The van der Waals surface area contributed by atoms with E-state index in [4.69, 9.17) is 0 Å². The Morgan fingerprint density at radius 3 is 2.72 bits per heavy atom. The molecule has 0 aliphatic heterocycles. The molecule has 3 heteroatoms. The third kappa shape index (κ3) is 3.09. The third-order valence-electron chi connectivity index (χ3n) is 3.35. The number of halogens is 1. The van der Waals surface area contributed by atoms with E-state index in [0.717, 1.165) is 31.1 Å². The number of carbonyl (C=O) groups excluding carboxylic acids is 1. The van der Waals surface area contributed by atoms with Crippen molar-refractivity contribution in [2.75, 3.05) is 18.0 Å². The minimum absolute atomic E-state index is 0.0681. The maximum absolute atomic E-state index is 13.3. The fourth-order valence-corrected chi connectivity index (χ4v) is 2.26. The van der Waals surface area contributed by atoms with Crippen LogP contribution in [0, 0.1) is 11.7 Å². The number of rotatable bonds is 6. The van der Waals surface area contributed by atoms with E-state index in [1.165, 1.54) is 31.9 Å². The summed E-state index contributed by atoms with van der Waals surface area (Å²) in [5.74, 6) is 0.342. The molecule has 1 aromatic rings. The van der Waals surface area contributed by atoms with Crippen LogP contribution in [0.4, 0.5) is 10.1 Å². The summed E-state index contributed by atoms with van der Waals surface area (Å²) < 4.78 is 13.3. The molecule has 0 N–H and O–H groups in total. The molecule has 1 saturated carbocycles. The quantitative estimate of drug-likeness (QED) is 0.717. The molecule has 1 aliphatic carbocycles. The van der Waals surface area contributed by atoms with Crippen LogP contribution in [0.1, 0.15) is 43.5 Å². The van der Waals surface area contributed by atoms with E-state index in [2.05, 4.69) is 11.8 Å². The summed E-state index contributed by atoms with van der Waals surface area (Å²) in [6.45, 7) is 5.53. The van der Waals surface area contributed by atoms with Crippen LogP contribution in [-0.4, -0.2) is 18.9 Å². The molecule has 2 nitrogen and oxygen atoms in total. The summed E-state index contributed by atoms with van der Waals surface area (Å²) in [4.78, 5) is 13.9. The second-order valence-electron chi connectivity index (χ2n) is 5.11. The van der Waals surface area contributed by atoms with Gasteiger partial charge in [-0.15, -0.1) is 0 Å². The van der Waals surface area contributed by atoms with E-state index in [1.54, 1.807) is 6.07 Å². The summed E-state index contributed by atoms with van der Waals surface area (Å²) in [7, 11) is 0. The van der Waals surface area contributed by atoms with Crippen LogP contribution in [0.3, 0.4) is 0 Å². The summed E-state index contributed by atoms with van der Waals surface area (Å²) >= 11 is 0. The number of nitrogens with zero attached hydrogens (tertiary/aromatic N) is 1. The molecule has 1 aliphatic rings. The zero-order chi connectivity index (χ0) is 13.1. The van der Waals surface area contributed by atoms with Crippen molar-refractivity contribution in [3.05, 3.63) is 29.6 Å². The normalized spacial score (nSPS) is 14.6. The molecule has 0 spiro atoms. The molecule has 0 radical (unpaired) electrons. The SMILES string of the molecule is CCCN(CC1CC1)c1ccc(F)cc1C(C)=O. The van der Waals surface area contributed by atoms with E-state index in [1.807, 2.05) is 0 Å². The molecule has 1 aromatic carbocycles. The third-order valence-corrected chi connectivity index (χ3v) is 3.35. The summed E-state index contributed by atoms with van der Waals surface area (Å²) in [6, 6.07) is 4.54. The van der Waals surface area contributed by atoms with Gasteiger partial charge in [0.1, 0.15) is 5.82 Å². The van der Waals surface area contributed by atoms with Gasteiger partial charge in [-0.1, -0.05) is 6.92 Å². The number of hydrogen-bond donors (Lipinski definition) is 0. The maximum Gasteiger partial charge on any atom is 0.161 e. The Labute approximate surface area is 108 Å². The van der Waals surface area contributed by atoms with Gasteiger partial charge in [0.15, 0.2) is 5.78 Å². The Morgan fingerprint density at radius 1 is 1.44 bits per heavy atom. The number of ketones is 1. The Kier molecular flexibility index (Phi) is 4.00. The van der Waals surface area contributed by atoms with Crippen LogP contribution < -0.4 is 4.90 Å². The fraction of sp³-hybridized carbons (Fsp3) is 0.533. The number of Topliss-reactive ketones (excluding diaryl/α,β-unsaturated/α-hetero) is 1. The van der Waals surface area contributed by atoms with Crippen molar-refractivity contribution in [3.63, 3.8) is 0 Å². The second kappa shape index (κ2) is 5.51. The van der Waals surface area contributed by atoms with Gasteiger partial charge in [-0.05, 0) is 50.3 Å². The van der Waals surface area contributed by atoms with Crippen LogP contribution in [0.2, 0.25) is 0 Å². The second-order valence-corrected chi connectivity index (χ2v) is 5.11. The largest absolute Gasteiger partial charge is 0.371 e. The van der Waals surface area contributed by atoms with Gasteiger partial charge in [0.25, 0.3) is 0 Å². The average Bonchev–Trinajstić information content (AvgIpc) is 3.12. The van der Waals surface area contributed by atoms with Crippen LogP contribution in [0.15, 0.2) is 18.2 Å². The number of hydrogen-bond acceptors (Lipinski definition) is 2. The van der Waals surface area contributed by atoms with E-state index < -0.39 is 0 Å². The van der Waals surface area contributed by atoms with Crippen LogP contribution >= 0.6 is 0 Å². The summed E-state index contributed by atoms with van der Waals surface area (Å²) in [6.07, 6.45) is 3.58. The Balaban J connectivity index is 2.29. The first-order chi connectivity index (χ1) is 8.61. The molecule has 2 rings (SSSR count). The Bertz CT molecular complexity index is 440. The molecular formula is C15H20FNO. The van der Waals surface area contributed by atoms with Gasteiger partial charge < -0.3 is 4.90 Å². The first-order valence-corrected chi connectivity index (χ1v) is 6.67. The van der Waals surface area contributed by atoms with Gasteiger partial charge in [-0.25, -0.2) is 4.39 Å². The highest BCUT2D eigenvalue weighted by molar-refractivity contribution is 5.99. The predicted octanol–water partition coefficient (Wildman–Crippen LogP) is 3.65. The van der Waals surface area contributed by atoms with Crippen LogP contribution in [-0.2, 0) is 0 Å². The van der Waals surface area contributed by atoms with Crippen molar-refractivity contribution in [1.29, 1.82) is 0 Å². The smallest absolute Gasteiger partial charge is 0.161 e. The highest BCUT2D eigenvalue weighted by Gasteiger charge is 2.25. The van der Waals surface area contributed by atoms with Crippen molar-refractivity contribution < 1.29 is 9.18 Å². The summed E-state index contributed by atoms with van der Waals surface area (Å²) in [5.41, 5.74) is 1.39. The Morgan fingerprint density at radius 2 is 2.17 bits per heavy atom. The lowest BCUT2D eigenvalue weighted by Crippen LogP contribution is -2.28. The molecule has 98 valence electrons. The molecule has 18 heavy (non-hydrogen) atoms. The Hall–Kier alpha value is -1.38. The number of carbonyl (C=O) groups is 1. The first-order valence-electron chi connectivity index (χ1n) is 6.67. The zero-order valence-electron chi connectivity index (χ0n) is 11.1. The molecule has 0 atom stereocenters. The van der Waals surface area contributed by atoms with Gasteiger partial charge >= 0.3 is 0 Å². The molecule has 1 fully saturated rings. The van der Waals surface area contributed by atoms with Crippen molar-refractivity contribution >= 4 is 11.5 Å². The van der Waals surface area contributed by atoms with Gasteiger partial charge in [0, 0.05) is 24.3 Å². The minimum atomic E-state index is -0.341. The topological polar surface area (TPSA) is 20.3 Å². The number of anilines is 1. The predicted molar refractivity (Wildman–Crippen MR) is 71.6 cm³/mol. The standard InChI is InChI=1S/C15H20FNO/c1-3-8-17(10-12-4-5-12)15-7-6-13(16)9-14(15)11(2)18/h6-7,9,12H,3-5,8,10H2,1-2H3. The molecular weight excluding hydrogens is 229 g/mol. The zero-order valence-corrected chi connectivity index (χ0v) is 11.1. The lowest BCUT2D eigenvalue weighted by molar-refractivity contribution is 0.101. The average molecular weight is 249 g/mol. The number of benzene rings is 1. The van der Waals surface area contributed by atoms with Crippen molar-refractivity contribution in [3.8, 4) is 0 Å². The molecule has 0 amide bonds. The fourth-order valence-electron chi connectivity index (χ4n) is 2.26. The lowest BCUT2D eigenvalue weighted by atomic mass is 10.1. The molecule has 0 heterocycles. The van der Waals surface area contributed by atoms with Gasteiger partial charge in [0.2, 0.25) is 0 Å². The van der Waals surface area contributed by atoms with Crippen molar-refractivity contribution in [2.45, 2.75) is 33.1 Å². The minimum Gasteiger partial charge on any atom is -0.371 e. The monoisotopic (exact) mass is 249 g/mol. The van der Waals surface area contributed by atoms with Gasteiger partial charge in [0.05, 0.1) is 0 Å². The highest BCUT2D eigenvalue weighted by Crippen LogP contribution is 2.32.